The van der Waals surface area contributed by atoms with Gasteiger partial charge in [0.15, 0.2) is 11.3 Å². The van der Waals surface area contributed by atoms with Gasteiger partial charge in [-0.3, -0.25) is 0 Å². The number of carboxylic acid groups (broad SMARTS) is 1. The molecule has 0 saturated heterocycles. The van der Waals surface area contributed by atoms with Crippen molar-refractivity contribution in [2.24, 2.45) is 0 Å². The molecule has 0 radical (unpaired) electrons. The lowest BCUT2D eigenvalue weighted by Crippen LogP contribution is -2.10. The van der Waals surface area contributed by atoms with E-state index >= 15 is 0 Å². The number of benzene rings is 1. The van der Waals surface area contributed by atoms with Crippen LogP contribution >= 0.6 is 0 Å². The van der Waals surface area contributed by atoms with E-state index in [2.05, 4.69) is 10.1 Å². The summed E-state index contributed by atoms with van der Waals surface area (Å²) in [6.45, 7) is 0. The molecule has 3 aromatic rings. The summed E-state index contributed by atoms with van der Waals surface area (Å²) in [5.74, 6) is -1.95. The minimum Gasteiger partial charge on any atom is -0.476 e. The van der Waals surface area contributed by atoms with Crippen LogP contribution in [0.4, 0.5) is 17.6 Å². The first-order valence-electron chi connectivity index (χ1n) is 6.23. The number of nitrogens with zero attached hydrogens (tertiary/aromatic N) is 3. The summed E-state index contributed by atoms with van der Waals surface area (Å²) in [6, 6.07) is 6.37. The van der Waals surface area contributed by atoms with Gasteiger partial charge < -0.3 is 5.11 Å². The van der Waals surface area contributed by atoms with Gasteiger partial charge in [-0.1, -0.05) is 0 Å². The number of carboxylic acids is 1. The largest absolute Gasteiger partial charge is 0.476 e. The zero-order valence-corrected chi connectivity index (χ0v) is 11.2. The van der Waals surface area contributed by atoms with Crippen molar-refractivity contribution in [1.29, 1.82) is 0 Å². The van der Waals surface area contributed by atoms with Crippen LogP contribution in [-0.2, 0) is 6.18 Å². The minimum absolute atomic E-state index is 0.0465. The van der Waals surface area contributed by atoms with Crippen LogP contribution in [0.5, 0.6) is 0 Å². The van der Waals surface area contributed by atoms with E-state index in [-0.39, 0.29) is 16.9 Å². The Bertz CT molecular complexity index is 901. The van der Waals surface area contributed by atoms with Gasteiger partial charge in [0.1, 0.15) is 11.5 Å². The predicted molar refractivity (Wildman–Crippen MR) is 70.3 cm³/mol. The average Bonchev–Trinajstić information content (AvgIpc) is 2.90. The van der Waals surface area contributed by atoms with Crippen LogP contribution in [0, 0.1) is 5.82 Å². The van der Waals surface area contributed by atoms with Crippen molar-refractivity contribution >= 4 is 11.6 Å². The third-order valence-electron chi connectivity index (χ3n) is 3.08. The van der Waals surface area contributed by atoms with E-state index in [0.717, 1.165) is 28.8 Å². The molecule has 0 spiro atoms. The SMILES string of the molecule is O=C(O)c1cc2nc(C(F)(F)F)cc(-c3ccc(F)cc3)n2n1. The maximum atomic E-state index is 13.0. The number of carbonyl (C=O) groups is 1. The molecule has 0 aliphatic rings. The summed E-state index contributed by atoms with van der Waals surface area (Å²) in [5, 5.41) is 12.7. The number of halogens is 4. The van der Waals surface area contributed by atoms with E-state index < -0.39 is 29.4 Å². The number of aromatic nitrogens is 3. The molecule has 9 heteroatoms. The van der Waals surface area contributed by atoms with E-state index in [9.17, 15) is 22.4 Å². The smallest absolute Gasteiger partial charge is 0.433 e. The molecule has 0 fully saturated rings. The highest BCUT2D eigenvalue weighted by atomic mass is 19.4. The van der Waals surface area contributed by atoms with Gasteiger partial charge in [-0.2, -0.15) is 18.3 Å². The Morgan fingerprint density at radius 2 is 1.78 bits per heavy atom. The van der Waals surface area contributed by atoms with Crippen molar-refractivity contribution in [2.45, 2.75) is 6.18 Å². The summed E-state index contributed by atoms with van der Waals surface area (Å²) < 4.78 is 52.9. The lowest BCUT2D eigenvalue weighted by atomic mass is 10.1. The summed E-state index contributed by atoms with van der Waals surface area (Å²) in [7, 11) is 0. The van der Waals surface area contributed by atoms with Gasteiger partial charge in [-0.05, 0) is 30.3 Å². The van der Waals surface area contributed by atoms with Crippen LogP contribution in [-0.4, -0.2) is 25.7 Å². The zero-order chi connectivity index (χ0) is 16.8. The van der Waals surface area contributed by atoms with Gasteiger partial charge in [-0.15, -0.1) is 0 Å². The van der Waals surface area contributed by atoms with Crippen molar-refractivity contribution in [1.82, 2.24) is 14.6 Å². The zero-order valence-electron chi connectivity index (χ0n) is 11.2. The average molecular weight is 325 g/mol. The van der Waals surface area contributed by atoms with E-state index in [1.807, 2.05) is 0 Å². The maximum Gasteiger partial charge on any atom is 0.433 e. The number of aromatic carboxylic acids is 1. The summed E-state index contributed by atoms with van der Waals surface area (Å²) in [4.78, 5) is 14.4. The normalized spacial score (nSPS) is 11.8. The first kappa shape index (κ1) is 14.9. The monoisotopic (exact) mass is 325 g/mol. The second-order valence-electron chi connectivity index (χ2n) is 4.64. The molecule has 2 heterocycles. The molecule has 23 heavy (non-hydrogen) atoms. The van der Waals surface area contributed by atoms with Crippen molar-refractivity contribution in [3.8, 4) is 11.3 Å². The van der Waals surface area contributed by atoms with Crippen molar-refractivity contribution < 1.29 is 27.5 Å². The Kier molecular flexibility index (Phi) is 3.28. The fourth-order valence-corrected chi connectivity index (χ4v) is 2.05. The minimum atomic E-state index is -4.72. The van der Waals surface area contributed by atoms with Crippen LogP contribution in [0.25, 0.3) is 16.9 Å². The molecule has 3 rings (SSSR count). The van der Waals surface area contributed by atoms with Crippen LogP contribution in [0.15, 0.2) is 36.4 Å². The van der Waals surface area contributed by atoms with Gasteiger partial charge in [0.05, 0.1) is 5.69 Å². The molecule has 1 aromatic carbocycles. The third-order valence-corrected chi connectivity index (χ3v) is 3.08. The van der Waals surface area contributed by atoms with Gasteiger partial charge >= 0.3 is 12.1 Å². The Morgan fingerprint density at radius 1 is 1.13 bits per heavy atom. The Balaban J connectivity index is 2.32. The molecule has 0 amide bonds. The Morgan fingerprint density at radius 3 is 2.35 bits per heavy atom. The quantitative estimate of drug-likeness (QED) is 0.735. The van der Waals surface area contributed by atoms with Crippen molar-refractivity contribution in [3.05, 3.63) is 53.6 Å². The highest BCUT2D eigenvalue weighted by molar-refractivity contribution is 5.87. The molecule has 5 nitrogen and oxygen atoms in total. The second-order valence-corrected chi connectivity index (χ2v) is 4.64. The highest BCUT2D eigenvalue weighted by Crippen LogP contribution is 2.31. The van der Waals surface area contributed by atoms with Gasteiger partial charge in [0.25, 0.3) is 0 Å². The highest BCUT2D eigenvalue weighted by Gasteiger charge is 2.34. The van der Waals surface area contributed by atoms with Gasteiger partial charge in [-0.25, -0.2) is 18.7 Å². The van der Waals surface area contributed by atoms with E-state index in [0.29, 0.717) is 0 Å². The molecule has 0 aliphatic carbocycles. The number of alkyl halides is 3. The Hall–Kier alpha value is -2.97. The number of hydrogen-bond donors (Lipinski definition) is 1. The maximum absolute atomic E-state index is 13.0. The van der Waals surface area contributed by atoms with Gasteiger partial charge in [0.2, 0.25) is 0 Å². The number of rotatable bonds is 2. The van der Waals surface area contributed by atoms with E-state index in [4.69, 9.17) is 5.11 Å². The van der Waals surface area contributed by atoms with Crippen LogP contribution in [0.3, 0.4) is 0 Å². The summed E-state index contributed by atoms with van der Waals surface area (Å²) in [6.07, 6.45) is -4.72. The molecular weight excluding hydrogens is 318 g/mol. The number of fused-ring (bicyclic) bond motifs is 1. The van der Waals surface area contributed by atoms with Crippen LogP contribution < -0.4 is 0 Å². The molecule has 0 bridgehead atoms. The van der Waals surface area contributed by atoms with E-state index in [1.54, 1.807) is 0 Å². The molecule has 0 aliphatic heterocycles. The van der Waals surface area contributed by atoms with Crippen LogP contribution in [0.2, 0.25) is 0 Å². The third kappa shape index (κ3) is 2.72. The fourth-order valence-electron chi connectivity index (χ4n) is 2.05. The van der Waals surface area contributed by atoms with E-state index in [1.165, 1.54) is 12.1 Å². The molecule has 118 valence electrons. The lowest BCUT2D eigenvalue weighted by Gasteiger charge is -2.10. The molecule has 0 unspecified atom stereocenters. The Labute approximate surface area is 125 Å². The molecular formula is C14H7F4N3O2. The first-order chi connectivity index (χ1) is 10.8. The lowest BCUT2D eigenvalue weighted by molar-refractivity contribution is -0.141. The second kappa shape index (κ2) is 5.04. The van der Waals surface area contributed by atoms with Crippen LogP contribution in [0.1, 0.15) is 16.2 Å². The van der Waals surface area contributed by atoms with Crippen molar-refractivity contribution in [2.75, 3.05) is 0 Å². The van der Waals surface area contributed by atoms with Gasteiger partial charge in [0, 0.05) is 11.6 Å². The molecule has 1 N–H and O–H groups in total. The van der Waals surface area contributed by atoms with Crippen molar-refractivity contribution in [3.63, 3.8) is 0 Å². The summed E-state index contributed by atoms with van der Waals surface area (Å²) >= 11 is 0. The topological polar surface area (TPSA) is 67.5 Å². The molecule has 0 saturated carbocycles. The first-order valence-corrected chi connectivity index (χ1v) is 6.23. The fraction of sp³-hybridized carbons (Fsp3) is 0.0714. The standard InChI is InChI=1S/C14H7F4N3O2/c15-8-3-1-7(2-4-8)10-6-11(14(16,17)18)19-12-5-9(13(22)23)20-21(10)12/h1-6H,(H,22,23). The predicted octanol–water partition coefficient (Wildman–Crippen LogP) is 3.25. The molecule has 2 aromatic heterocycles. The summed E-state index contributed by atoms with van der Waals surface area (Å²) in [5.41, 5.74) is -1.71. The molecule has 0 atom stereocenters. The number of hydrogen-bond acceptors (Lipinski definition) is 3.